The van der Waals surface area contributed by atoms with Gasteiger partial charge in [-0.25, -0.2) is 9.59 Å². The third-order valence-electron chi connectivity index (χ3n) is 15.0. The molecule has 0 radical (unpaired) electrons. The Labute approximate surface area is 409 Å². The van der Waals surface area contributed by atoms with Gasteiger partial charge < -0.3 is 38.4 Å². The van der Waals surface area contributed by atoms with E-state index in [-0.39, 0.29) is 22.0 Å². The lowest BCUT2D eigenvalue weighted by Crippen LogP contribution is -2.54. The zero-order valence-electron chi connectivity index (χ0n) is 40.2. The van der Waals surface area contributed by atoms with E-state index in [1.54, 1.807) is 24.3 Å². The lowest BCUT2D eigenvalue weighted by atomic mass is 9.86. The molecule has 4 amide bonds. The molecule has 16 heteroatoms. The molecule has 0 aromatic heterocycles. The van der Waals surface area contributed by atoms with Gasteiger partial charge in [-0.15, -0.1) is 0 Å². The SMILES string of the molecule is CCCN(C1CCN(C(=O)N2CCOCC2)CC1)C1CCc2ccc(O)cc2C1.CCCN(C1CCN(C(=O)N2CCOCC2)CC1)C1CCc2ccc(OS(=O)(=O)c3ccccc3Cl)cc2C1. The molecule has 3 aromatic carbocycles. The average Bonchev–Trinajstić information content (AvgIpc) is 3.37. The topological polar surface area (TPSA) is 136 Å². The van der Waals surface area contributed by atoms with Crippen LogP contribution in [0.3, 0.4) is 0 Å². The number of aromatic hydroxyl groups is 1. The monoisotopic (exact) mass is 976 g/mol. The number of carbonyl (C=O) groups excluding carboxylic acids is 2. The number of hydrogen-bond donors (Lipinski definition) is 1. The number of nitrogens with zero attached hydrogens (tertiary/aromatic N) is 6. The number of piperidine rings is 2. The van der Waals surface area contributed by atoms with Crippen LogP contribution in [-0.4, -0.2) is 171 Å². The molecule has 0 spiro atoms. The molecule has 3 aromatic rings. The lowest BCUT2D eigenvalue weighted by molar-refractivity contribution is 0.0330. The molecule has 4 heterocycles. The van der Waals surface area contributed by atoms with Gasteiger partial charge in [0, 0.05) is 76.5 Å². The number of rotatable bonds is 11. The number of likely N-dealkylation sites (tertiary alicyclic amines) is 2. The Bertz CT molecular complexity index is 2260. The average molecular weight is 978 g/mol. The highest BCUT2D eigenvalue weighted by Crippen LogP contribution is 2.34. The predicted octanol–water partition coefficient (Wildman–Crippen LogP) is 7.47. The van der Waals surface area contributed by atoms with E-state index in [1.807, 2.05) is 43.9 Å². The fourth-order valence-corrected chi connectivity index (χ4v) is 12.8. The molecule has 14 nitrogen and oxygen atoms in total. The number of benzene rings is 3. The largest absolute Gasteiger partial charge is 0.508 e. The van der Waals surface area contributed by atoms with E-state index in [1.165, 1.54) is 29.2 Å². The Morgan fingerprint density at radius 1 is 0.618 bits per heavy atom. The zero-order valence-corrected chi connectivity index (χ0v) is 41.8. The molecular weight excluding hydrogens is 904 g/mol. The highest BCUT2D eigenvalue weighted by molar-refractivity contribution is 7.87. The molecule has 2 aliphatic carbocycles. The fourth-order valence-electron chi connectivity index (χ4n) is 11.4. The smallest absolute Gasteiger partial charge is 0.340 e. The Morgan fingerprint density at radius 3 is 1.56 bits per heavy atom. The highest BCUT2D eigenvalue weighted by Gasteiger charge is 2.36. The summed E-state index contributed by atoms with van der Waals surface area (Å²) in [6, 6.07) is 20.0. The Morgan fingerprint density at radius 2 is 1.07 bits per heavy atom. The molecule has 2 unspecified atom stereocenters. The molecule has 1 N–H and O–H groups in total. The van der Waals surface area contributed by atoms with E-state index in [2.05, 4.69) is 29.7 Å². The van der Waals surface area contributed by atoms with Crippen LogP contribution in [-0.2, 0) is 45.3 Å². The first-order valence-electron chi connectivity index (χ1n) is 25.4. The number of carbonyl (C=O) groups is 2. The van der Waals surface area contributed by atoms with Crippen molar-refractivity contribution < 1.29 is 36.8 Å². The van der Waals surface area contributed by atoms with Crippen molar-refractivity contribution in [1.29, 1.82) is 0 Å². The third-order valence-corrected chi connectivity index (χ3v) is 16.7. The van der Waals surface area contributed by atoms with Crippen LogP contribution in [0.4, 0.5) is 9.59 Å². The van der Waals surface area contributed by atoms with Crippen LogP contribution in [0.25, 0.3) is 0 Å². The summed E-state index contributed by atoms with van der Waals surface area (Å²) in [5, 5.41) is 10.0. The van der Waals surface area contributed by atoms with Crippen LogP contribution in [0.5, 0.6) is 11.5 Å². The van der Waals surface area contributed by atoms with E-state index < -0.39 is 10.1 Å². The van der Waals surface area contributed by atoms with Crippen molar-refractivity contribution in [3.8, 4) is 11.5 Å². The summed E-state index contributed by atoms with van der Waals surface area (Å²) in [7, 11) is -4.03. The number of amides is 4. The molecule has 372 valence electrons. The van der Waals surface area contributed by atoms with Gasteiger partial charge in [-0.1, -0.05) is 49.7 Å². The van der Waals surface area contributed by atoms with Crippen molar-refractivity contribution in [2.24, 2.45) is 0 Å². The molecule has 6 aliphatic rings. The van der Waals surface area contributed by atoms with Crippen molar-refractivity contribution >= 4 is 33.8 Å². The molecule has 4 aliphatic heterocycles. The molecule has 0 bridgehead atoms. The Kier molecular flexibility index (Phi) is 17.5. The van der Waals surface area contributed by atoms with Gasteiger partial charge in [0.15, 0.2) is 0 Å². The lowest BCUT2D eigenvalue weighted by Gasteiger charge is -2.44. The van der Waals surface area contributed by atoms with E-state index >= 15 is 0 Å². The number of hydrogen-bond acceptors (Lipinski definition) is 10. The number of halogens is 1. The second-order valence-electron chi connectivity index (χ2n) is 19.3. The van der Waals surface area contributed by atoms with Gasteiger partial charge in [0.1, 0.15) is 16.4 Å². The maximum Gasteiger partial charge on any atom is 0.340 e. The minimum absolute atomic E-state index is 0.0326. The van der Waals surface area contributed by atoms with Gasteiger partial charge in [-0.05, 0) is 149 Å². The third kappa shape index (κ3) is 12.4. The summed E-state index contributed by atoms with van der Waals surface area (Å²) in [5.74, 6) is 0.688. The summed E-state index contributed by atoms with van der Waals surface area (Å²) >= 11 is 6.12. The van der Waals surface area contributed by atoms with Crippen LogP contribution < -0.4 is 4.18 Å². The molecule has 4 fully saturated rings. The van der Waals surface area contributed by atoms with Gasteiger partial charge >= 0.3 is 22.2 Å². The maximum absolute atomic E-state index is 13.0. The first kappa shape index (κ1) is 50.3. The number of phenolic OH excluding ortho intramolecular Hbond substituents is 1. The number of phenols is 1. The summed E-state index contributed by atoms with van der Waals surface area (Å²) in [6.45, 7) is 15.2. The van der Waals surface area contributed by atoms with E-state index in [9.17, 15) is 23.1 Å². The van der Waals surface area contributed by atoms with E-state index in [4.69, 9.17) is 25.3 Å². The van der Waals surface area contributed by atoms with Crippen molar-refractivity contribution in [2.75, 3.05) is 91.9 Å². The molecular formula is C52H73ClN6O8S. The van der Waals surface area contributed by atoms with E-state index in [0.717, 1.165) is 129 Å². The van der Waals surface area contributed by atoms with Crippen LogP contribution >= 0.6 is 11.6 Å². The fraction of sp³-hybridized carbons (Fsp3) is 0.615. The van der Waals surface area contributed by atoms with E-state index in [0.29, 0.717) is 75.2 Å². The van der Waals surface area contributed by atoms with Crippen molar-refractivity contribution in [3.05, 3.63) is 87.9 Å². The second-order valence-corrected chi connectivity index (χ2v) is 21.2. The van der Waals surface area contributed by atoms with Gasteiger partial charge in [0.05, 0.1) is 31.5 Å². The quantitative estimate of drug-likeness (QED) is 0.193. The molecule has 4 saturated heterocycles. The molecule has 2 atom stereocenters. The van der Waals surface area contributed by atoms with Gasteiger partial charge in [-0.3, -0.25) is 9.80 Å². The van der Waals surface area contributed by atoms with Crippen LogP contribution in [0.2, 0.25) is 5.02 Å². The maximum atomic E-state index is 13.0. The summed E-state index contributed by atoms with van der Waals surface area (Å²) in [6.07, 6.45) is 12.4. The number of ether oxygens (including phenoxy) is 2. The van der Waals surface area contributed by atoms with Crippen molar-refractivity contribution in [3.63, 3.8) is 0 Å². The first-order valence-corrected chi connectivity index (χ1v) is 27.2. The number of fused-ring (bicyclic) bond motifs is 2. The minimum Gasteiger partial charge on any atom is -0.508 e. The predicted molar refractivity (Wildman–Crippen MR) is 264 cm³/mol. The number of morpholine rings is 2. The Hall–Kier alpha value is -4.12. The van der Waals surface area contributed by atoms with Gasteiger partial charge in [-0.2, -0.15) is 8.42 Å². The van der Waals surface area contributed by atoms with Crippen LogP contribution in [0.15, 0.2) is 65.6 Å². The van der Waals surface area contributed by atoms with Crippen LogP contribution in [0.1, 0.15) is 87.5 Å². The summed E-state index contributed by atoms with van der Waals surface area (Å²) in [4.78, 5) is 39.0. The zero-order chi connectivity index (χ0) is 47.6. The molecule has 0 saturated carbocycles. The number of aryl methyl sites for hydroxylation is 2. The van der Waals surface area contributed by atoms with Gasteiger partial charge in [0.2, 0.25) is 0 Å². The second kappa shape index (κ2) is 23.7. The summed E-state index contributed by atoms with van der Waals surface area (Å²) in [5.41, 5.74) is 5.08. The van der Waals surface area contributed by atoms with Crippen LogP contribution in [0, 0.1) is 0 Å². The standard InChI is InChI=1S/C29H38ClN3O5S.C23H35N3O3/c1-2-13-33(24-11-14-31(15-12-24)29(34)32-16-18-37-19-17-32)25-9-7-22-8-10-26(21-23(22)20-25)38-39(35,36)28-6-4-3-5-27(28)30;1-2-9-26(21-5-3-18-4-6-22(27)17-19(18)16-21)20-7-10-24(11-8-20)23(28)25-12-14-29-15-13-25/h3-6,8,10,21,24-25H,2,7,9,11-20H2,1H3;4,6,17,20-21,27H,2-3,5,7-16H2,1H3. The normalized spacial score (nSPS) is 21.8. The summed E-state index contributed by atoms with van der Waals surface area (Å²) < 4.78 is 42.0. The highest BCUT2D eigenvalue weighted by atomic mass is 35.5. The number of urea groups is 2. The van der Waals surface area contributed by atoms with Gasteiger partial charge in [0.25, 0.3) is 0 Å². The Balaban J connectivity index is 0.000000192. The molecule has 9 rings (SSSR count). The van der Waals surface area contributed by atoms with Crippen molar-refractivity contribution in [2.45, 2.75) is 120 Å². The first-order chi connectivity index (χ1) is 33.0. The minimum atomic E-state index is -4.03. The van der Waals surface area contributed by atoms with Crippen molar-refractivity contribution in [1.82, 2.24) is 29.4 Å². The molecule has 68 heavy (non-hydrogen) atoms.